The zero-order chi connectivity index (χ0) is 14.9. The third kappa shape index (κ3) is 2.96. The van der Waals surface area contributed by atoms with Crippen LogP contribution in [0.25, 0.3) is 0 Å². The van der Waals surface area contributed by atoms with E-state index in [1.807, 2.05) is 17.7 Å². The van der Waals surface area contributed by atoms with E-state index in [1.165, 1.54) is 0 Å². The van der Waals surface area contributed by atoms with Crippen LogP contribution in [0.3, 0.4) is 0 Å². The molecule has 3 rings (SSSR count). The molecule has 0 N–H and O–H groups in total. The highest BCUT2D eigenvalue weighted by molar-refractivity contribution is 5.04. The maximum atomic E-state index is 13.9. The topological polar surface area (TPSA) is 56.7 Å². The first-order valence-corrected chi connectivity index (χ1v) is 7.24. The lowest BCUT2D eigenvalue weighted by molar-refractivity contribution is -0.0576. The van der Waals surface area contributed by atoms with Crippen molar-refractivity contribution in [2.75, 3.05) is 0 Å². The summed E-state index contributed by atoms with van der Waals surface area (Å²) in [6.45, 7) is 1.99. The Morgan fingerprint density at radius 1 is 1.48 bits per heavy atom. The van der Waals surface area contributed by atoms with Gasteiger partial charge in [0.1, 0.15) is 0 Å². The number of imidazole rings is 1. The van der Waals surface area contributed by atoms with E-state index in [1.54, 1.807) is 12.5 Å². The van der Waals surface area contributed by atoms with E-state index in [-0.39, 0.29) is 18.3 Å². The molecule has 7 heteroatoms. The van der Waals surface area contributed by atoms with Crippen molar-refractivity contribution < 1.29 is 13.3 Å². The van der Waals surface area contributed by atoms with Crippen molar-refractivity contribution in [3.63, 3.8) is 0 Å². The molecule has 1 saturated carbocycles. The third-order valence-electron chi connectivity index (χ3n) is 4.06. The van der Waals surface area contributed by atoms with Crippen molar-refractivity contribution in [1.82, 2.24) is 19.7 Å². The smallest absolute Gasteiger partial charge is 0.258 e. The van der Waals surface area contributed by atoms with Crippen LogP contribution in [0.4, 0.5) is 8.78 Å². The lowest BCUT2D eigenvalue weighted by atomic mass is 9.85. The minimum atomic E-state index is -2.73. The van der Waals surface area contributed by atoms with Gasteiger partial charge in [-0.3, -0.25) is 0 Å². The Morgan fingerprint density at radius 2 is 2.33 bits per heavy atom. The van der Waals surface area contributed by atoms with Crippen LogP contribution < -0.4 is 0 Å². The maximum Gasteiger partial charge on any atom is 0.258 e. The maximum absolute atomic E-state index is 13.9. The molecule has 2 atom stereocenters. The second-order valence-corrected chi connectivity index (χ2v) is 5.67. The van der Waals surface area contributed by atoms with Crippen molar-refractivity contribution in [1.29, 1.82) is 0 Å². The summed E-state index contributed by atoms with van der Waals surface area (Å²) in [5.74, 6) is -3.09. The highest BCUT2D eigenvalue weighted by Crippen LogP contribution is 2.43. The number of alkyl halides is 2. The minimum absolute atomic E-state index is 0.0903. The summed E-state index contributed by atoms with van der Waals surface area (Å²) in [4.78, 5) is 8.17. The van der Waals surface area contributed by atoms with E-state index >= 15 is 0 Å². The second-order valence-electron chi connectivity index (χ2n) is 5.67. The van der Waals surface area contributed by atoms with E-state index in [0.29, 0.717) is 25.2 Å². The summed E-state index contributed by atoms with van der Waals surface area (Å²) in [5, 5.41) is 3.78. The molecule has 0 spiro atoms. The van der Waals surface area contributed by atoms with Gasteiger partial charge in [-0.1, -0.05) is 11.6 Å². The molecule has 0 amide bonds. The molecule has 1 fully saturated rings. The molecular formula is C14H18F2N4O. The first-order valence-electron chi connectivity index (χ1n) is 7.24. The average molecular weight is 296 g/mol. The SMILES string of the molecule is CC(Cc1nc(C2CCCCC2(F)F)no1)n1ccnc1. The zero-order valence-electron chi connectivity index (χ0n) is 11.9. The predicted molar refractivity (Wildman–Crippen MR) is 71.1 cm³/mol. The Bertz CT molecular complexity index is 582. The molecule has 0 saturated heterocycles. The van der Waals surface area contributed by atoms with E-state index in [4.69, 9.17) is 4.52 Å². The van der Waals surface area contributed by atoms with Gasteiger partial charge in [-0.2, -0.15) is 4.98 Å². The van der Waals surface area contributed by atoms with Gasteiger partial charge in [0, 0.05) is 31.3 Å². The molecule has 2 unspecified atom stereocenters. The van der Waals surface area contributed by atoms with Gasteiger partial charge in [-0.25, -0.2) is 13.8 Å². The number of aromatic nitrogens is 4. The summed E-state index contributed by atoms with van der Waals surface area (Å²) >= 11 is 0. The highest BCUT2D eigenvalue weighted by Gasteiger charge is 2.44. The van der Waals surface area contributed by atoms with E-state index in [0.717, 1.165) is 6.42 Å². The Kier molecular flexibility index (Phi) is 3.73. The normalized spacial score (nSPS) is 23.1. The van der Waals surface area contributed by atoms with Crippen LogP contribution >= 0.6 is 0 Å². The van der Waals surface area contributed by atoms with Crippen LogP contribution in [-0.4, -0.2) is 25.6 Å². The van der Waals surface area contributed by atoms with Crippen LogP contribution in [0.2, 0.25) is 0 Å². The van der Waals surface area contributed by atoms with Gasteiger partial charge in [0.25, 0.3) is 5.92 Å². The minimum Gasteiger partial charge on any atom is -0.339 e. The first kappa shape index (κ1) is 14.2. The van der Waals surface area contributed by atoms with Crippen molar-refractivity contribution in [3.05, 3.63) is 30.4 Å². The van der Waals surface area contributed by atoms with Gasteiger partial charge in [-0.15, -0.1) is 0 Å². The number of rotatable bonds is 4. The van der Waals surface area contributed by atoms with Crippen molar-refractivity contribution >= 4 is 0 Å². The molecule has 5 nitrogen and oxygen atoms in total. The fraction of sp³-hybridized carbons (Fsp3) is 0.643. The molecule has 2 heterocycles. The number of halogens is 2. The van der Waals surface area contributed by atoms with Gasteiger partial charge in [0.2, 0.25) is 5.89 Å². The standard InChI is InChI=1S/C14H18F2N4O/c1-10(20-7-6-17-9-20)8-12-18-13(19-21-12)11-4-2-3-5-14(11,15)16/h6-7,9-11H,2-5,8H2,1H3. The number of hydrogen-bond donors (Lipinski definition) is 0. The van der Waals surface area contributed by atoms with Gasteiger partial charge in [0.05, 0.1) is 12.2 Å². The van der Waals surface area contributed by atoms with Crippen molar-refractivity contribution in [2.45, 2.75) is 56.9 Å². The molecule has 1 aliphatic rings. The second kappa shape index (κ2) is 5.54. The van der Waals surface area contributed by atoms with Crippen molar-refractivity contribution in [2.24, 2.45) is 0 Å². The monoisotopic (exact) mass is 296 g/mol. The summed E-state index contributed by atoms with van der Waals surface area (Å²) in [5.41, 5.74) is 0. The molecule has 2 aromatic heterocycles. The third-order valence-corrected chi connectivity index (χ3v) is 4.06. The molecule has 114 valence electrons. The Balaban J connectivity index is 1.71. The van der Waals surface area contributed by atoms with Gasteiger partial charge < -0.3 is 9.09 Å². The molecule has 2 aromatic rings. The lowest BCUT2D eigenvalue weighted by Gasteiger charge is -2.28. The number of nitrogens with zero attached hydrogens (tertiary/aromatic N) is 4. The van der Waals surface area contributed by atoms with Crippen LogP contribution in [-0.2, 0) is 6.42 Å². The van der Waals surface area contributed by atoms with Gasteiger partial charge in [-0.05, 0) is 19.8 Å². The molecule has 0 radical (unpaired) electrons. The van der Waals surface area contributed by atoms with Crippen LogP contribution in [0.1, 0.15) is 56.3 Å². The fourth-order valence-electron chi connectivity index (χ4n) is 2.79. The van der Waals surface area contributed by atoms with Crippen LogP contribution in [0.5, 0.6) is 0 Å². The molecule has 0 bridgehead atoms. The molecule has 0 aromatic carbocycles. The Hall–Kier alpha value is -1.79. The van der Waals surface area contributed by atoms with Crippen LogP contribution in [0, 0.1) is 0 Å². The van der Waals surface area contributed by atoms with Gasteiger partial charge >= 0.3 is 0 Å². The summed E-state index contributed by atoms with van der Waals surface area (Å²) in [6, 6.07) is 0.0904. The largest absolute Gasteiger partial charge is 0.339 e. The quantitative estimate of drug-likeness (QED) is 0.868. The Labute approximate surface area is 121 Å². The first-order chi connectivity index (χ1) is 10.1. The van der Waals surface area contributed by atoms with E-state index < -0.39 is 11.8 Å². The van der Waals surface area contributed by atoms with Crippen LogP contribution in [0.15, 0.2) is 23.2 Å². The molecule has 21 heavy (non-hydrogen) atoms. The fourth-order valence-corrected chi connectivity index (χ4v) is 2.79. The van der Waals surface area contributed by atoms with Crippen molar-refractivity contribution in [3.8, 4) is 0 Å². The Morgan fingerprint density at radius 3 is 3.05 bits per heavy atom. The molecule has 0 aliphatic heterocycles. The zero-order valence-corrected chi connectivity index (χ0v) is 11.9. The highest BCUT2D eigenvalue weighted by atomic mass is 19.3. The summed E-state index contributed by atoms with van der Waals surface area (Å²) in [6.07, 6.45) is 7.42. The predicted octanol–water partition coefficient (Wildman–Crippen LogP) is 3.36. The summed E-state index contributed by atoms with van der Waals surface area (Å²) in [7, 11) is 0. The summed E-state index contributed by atoms with van der Waals surface area (Å²) < 4.78 is 34.9. The molecular weight excluding hydrogens is 278 g/mol. The molecule has 1 aliphatic carbocycles. The van der Waals surface area contributed by atoms with E-state index in [9.17, 15) is 8.78 Å². The van der Waals surface area contributed by atoms with Gasteiger partial charge in [0.15, 0.2) is 5.82 Å². The number of hydrogen-bond acceptors (Lipinski definition) is 4. The lowest BCUT2D eigenvalue weighted by Crippen LogP contribution is -2.30. The average Bonchev–Trinajstić information content (AvgIpc) is 3.09. The van der Waals surface area contributed by atoms with E-state index in [2.05, 4.69) is 15.1 Å².